The van der Waals surface area contributed by atoms with Crippen molar-refractivity contribution >= 4 is 27.5 Å². The van der Waals surface area contributed by atoms with Gasteiger partial charge in [0.1, 0.15) is 28.5 Å². The number of fused-ring (bicyclic) bond motifs is 1. The molecule has 0 fully saturated rings. The fourth-order valence-electron chi connectivity index (χ4n) is 4.66. The number of carbonyl (C=O) groups excluding carboxylic acids is 1. The zero-order valence-corrected chi connectivity index (χ0v) is 24.0. The zero-order valence-electron chi connectivity index (χ0n) is 23.2. The molecule has 0 radical (unpaired) electrons. The Morgan fingerprint density at radius 1 is 1.23 bits per heavy atom. The highest BCUT2D eigenvalue weighted by Crippen LogP contribution is 2.37. The number of para-hydroxylation sites is 1. The van der Waals surface area contributed by atoms with Crippen LogP contribution >= 0.6 is 11.3 Å². The normalized spacial score (nSPS) is 12.7. The molecule has 1 N–H and O–H groups in total. The number of nitrogens with zero attached hydrogens (tertiary/aromatic N) is 3. The number of benzene rings is 1. The van der Waals surface area contributed by atoms with E-state index in [1.807, 2.05) is 38.1 Å². The standard InChI is InChI=1S/C28H34N4O6S/c1-8-29-26(34)28(5,6)32-24(33)21-17(4)22(23-30-13-14-37-23)39-25(21)31(27(32)35)15-20(38-16(2)3)18-11-9-10-12-19(18)36-7/h9-14,16,20H,8,15H2,1-7H3,(H,29,34)/t20-/m0/s1. The van der Waals surface area contributed by atoms with Crippen LogP contribution in [-0.2, 0) is 21.6 Å². The van der Waals surface area contributed by atoms with Gasteiger partial charge < -0.3 is 19.2 Å². The third-order valence-electron chi connectivity index (χ3n) is 6.56. The molecular formula is C28H34N4O6S. The summed E-state index contributed by atoms with van der Waals surface area (Å²) in [7, 11) is 1.58. The molecule has 39 heavy (non-hydrogen) atoms. The summed E-state index contributed by atoms with van der Waals surface area (Å²) in [6.07, 6.45) is 2.22. The number of aryl methyl sites for hydroxylation is 1. The van der Waals surface area contributed by atoms with Crippen molar-refractivity contribution in [2.75, 3.05) is 13.7 Å². The first-order valence-electron chi connectivity index (χ1n) is 12.8. The van der Waals surface area contributed by atoms with Crippen molar-refractivity contribution in [2.45, 2.75) is 65.8 Å². The van der Waals surface area contributed by atoms with E-state index in [-0.39, 0.29) is 12.6 Å². The Labute approximate surface area is 230 Å². The van der Waals surface area contributed by atoms with Crippen LogP contribution < -0.4 is 21.3 Å². The molecule has 1 atom stereocenters. The van der Waals surface area contributed by atoms with Crippen molar-refractivity contribution in [3.05, 3.63) is 68.7 Å². The maximum Gasteiger partial charge on any atom is 0.333 e. The smallest absolute Gasteiger partial charge is 0.333 e. The largest absolute Gasteiger partial charge is 0.496 e. The second-order valence-electron chi connectivity index (χ2n) is 9.94. The lowest BCUT2D eigenvalue weighted by atomic mass is 10.0. The Morgan fingerprint density at radius 3 is 2.56 bits per heavy atom. The van der Waals surface area contributed by atoms with Crippen molar-refractivity contribution in [3.63, 3.8) is 0 Å². The third-order valence-corrected chi connectivity index (χ3v) is 7.86. The number of likely N-dealkylation sites (N-methyl/N-ethyl adjacent to an activating group) is 1. The maximum atomic E-state index is 14.2. The average Bonchev–Trinajstić information content (AvgIpc) is 3.53. The van der Waals surface area contributed by atoms with Gasteiger partial charge in [0.2, 0.25) is 11.8 Å². The molecule has 0 aliphatic heterocycles. The first-order valence-corrected chi connectivity index (χ1v) is 13.6. The van der Waals surface area contributed by atoms with E-state index in [4.69, 9.17) is 13.9 Å². The van der Waals surface area contributed by atoms with Crippen molar-refractivity contribution in [2.24, 2.45) is 0 Å². The molecule has 4 rings (SSSR count). The van der Waals surface area contributed by atoms with E-state index in [1.54, 1.807) is 34.8 Å². The number of thiophene rings is 1. The van der Waals surface area contributed by atoms with Gasteiger partial charge in [-0.2, -0.15) is 0 Å². The number of amides is 1. The Hall–Kier alpha value is -3.70. The molecule has 0 bridgehead atoms. The fraction of sp³-hybridized carbons (Fsp3) is 0.429. The molecule has 0 aliphatic rings. The van der Waals surface area contributed by atoms with Crippen LogP contribution in [0.5, 0.6) is 5.75 Å². The topological polar surface area (TPSA) is 118 Å². The van der Waals surface area contributed by atoms with Crippen molar-refractivity contribution in [1.29, 1.82) is 0 Å². The van der Waals surface area contributed by atoms with E-state index in [0.717, 1.165) is 10.1 Å². The number of carbonyl (C=O) groups is 1. The molecule has 3 heterocycles. The number of nitrogens with one attached hydrogen (secondary N) is 1. The highest BCUT2D eigenvalue weighted by atomic mass is 32.1. The van der Waals surface area contributed by atoms with Gasteiger partial charge in [0.05, 0.1) is 36.2 Å². The van der Waals surface area contributed by atoms with Crippen LogP contribution in [0, 0.1) is 6.92 Å². The first-order chi connectivity index (χ1) is 18.5. The fourth-order valence-corrected chi connectivity index (χ4v) is 5.90. The second kappa shape index (κ2) is 11.2. The van der Waals surface area contributed by atoms with Crippen LogP contribution in [0.15, 0.2) is 50.7 Å². The highest BCUT2D eigenvalue weighted by molar-refractivity contribution is 7.22. The van der Waals surface area contributed by atoms with Gasteiger partial charge in [-0.05, 0) is 53.2 Å². The maximum absolute atomic E-state index is 14.2. The molecule has 0 saturated carbocycles. The van der Waals surface area contributed by atoms with Gasteiger partial charge in [0, 0.05) is 12.1 Å². The number of aromatic nitrogens is 3. The Balaban J connectivity index is 2.05. The number of rotatable bonds is 10. The summed E-state index contributed by atoms with van der Waals surface area (Å²) in [5.74, 6) is 0.531. The summed E-state index contributed by atoms with van der Waals surface area (Å²) in [5, 5.41) is 3.07. The quantitative estimate of drug-likeness (QED) is 0.312. The van der Waals surface area contributed by atoms with Gasteiger partial charge in [-0.25, -0.2) is 14.3 Å². The molecule has 1 aromatic carbocycles. The van der Waals surface area contributed by atoms with E-state index >= 15 is 0 Å². The number of methoxy groups -OCH3 is 1. The molecule has 3 aromatic heterocycles. The molecule has 208 valence electrons. The summed E-state index contributed by atoms with van der Waals surface area (Å²) >= 11 is 1.25. The lowest BCUT2D eigenvalue weighted by Crippen LogP contribution is -2.55. The van der Waals surface area contributed by atoms with Crippen LogP contribution in [-0.4, -0.2) is 39.8 Å². The van der Waals surface area contributed by atoms with Crippen molar-refractivity contribution in [3.8, 4) is 16.5 Å². The summed E-state index contributed by atoms with van der Waals surface area (Å²) in [4.78, 5) is 46.6. The lowest BCUT2D eigenvalue weighted by Gasteiger charge is -2.28. The zero-order chi connectivity index (χ0) is 28.5. The average molecular weight is 555 g/mol. The molecule has 0 saturated heterocycles. The van der Waals surface area contributed by atoms with Gasteiger partial charge >= 0.3 is 5.69 Å². The molecule has 0 spiro atoms. The van der Waals surface area contributed by atoms with Crippen LogP contribution in [0.4, 0.5) is 0 Å². The summed E-state index contributed by atoms with van der Waals surface area (Å²) in [6.45, 7) is 11.0. The number of hydrogen-bond donors (Lipinski definition) is 1. The predicted octanol–water partition coefficient (Wildman–Crippen LogP) is 4.23. The molecule has 1 amide bonds. The summed E-state index contributed by atoms with van der Waals surface area (Å²) in [5.41, 5.74) is -1.24. The second-order valence-corrected chi connectivity index (χ2v) is 10.9. The molecular weight excluding hydrogens is 520 g/mol. The molecule has 10 nitrogen and oxygen atoms in total. The molecule has 4 aromatic rings. The number of ether oxygens (including phenoxy) is 2. The van der Waals surface area contributed by atoms with E-state index in [2.05, 4.69) is 10.3 Å². The van der Waals surface area contributed by atoms with Crippen molar-refractivity contribution in [1.82, 2.24) is 19.4 Å². The SMILES string of the molecule is CCNC(=O)C(C)(C)n1c(=O)c2c(C)c(-c3ncco3)sc2n(C[C@H](OC(C)C)c2ccccc2OC)c1=O. The van der Waals surface area contributed by atoms with Crippen LogP contribution in [0.3, 0.4) is 0 Å². The van der Waals surface area contributed by atoms with E-state index in [9.17, 15) is 14.4 Å². The van der Waals surface area contributed by atoms with E-state index < -0.39 is 28.8 Å². The van der Waals surface area contributed by atoms with E-state index in [0.29, 0.717) is 38.8 Å². The summed E-state index contributed by atoms with van der Waals surface area (Å²) in [6, 6.07) is 7.46. The Morgan fingerprint density at radius 2 is 1.95 bits per heavy atom. The lowest BCUT2D eigenvalue weighted by molar-refractivity contribution is -0.128. The van der Waals surface area contributed by atoms with Crippen LogP contribution in [0.1, 0.15) is 51.8 Å². The van der Waals surface area contributed by atoms with Crippen LogP contribution in [0.25, 0.3) is 21.0 Å². The Bertz CT molecular complexity index is 1600. The number of hydrogen-bond acceptors (Lipinski definition) is 8. The molecule has 0 aliphatic carbocycles. The molecule has 11 heteroatoms. The third kappa shape index (κ3) is 5.16. The minimum Gasteiger partial charge on any atom is -0.496 e. The Kier molecular flexibility index (Phi) is 8.12. The van der Waals surface area contributed by atoms with Gasteiger partial charge in [-0.3, -0.25) is 14.2 Å². The van der Waals surface area contributed by atoms with Gasteiger partial charge in [0.15, 0.2) is 0 Å². The van der Waals surface area contributed by atoms with Gasteiger partial charge in [-0.1, -0.05) is 18.2 Å². The van der Waals surface area contributed by atoms with Gasteiger partial charge in [0.25, 0.3) is 5.56 Å². The number of oxazole rings is 1. The minimum atomic E-state index is -1.46. The summed E-state index contributed by atoms with van der Waals surface area (Å²) < 4.78 is 20.0. The predicted molar refractivity (Wildman–Crippen MR) is 151 cm³/mol. The van der Waals surface area contributed by atoms with E-state index in [1.165, 1.54) is 28.4 Å². The van der Waals surface area contributed by atoms with Crippen LogP contribution in [0.2, 0.25) is 0 Å². The monoisotopic (exact) mass is 554 g/mol. The van der Waals surface area contributed by atoms with Gasteiger partial charge in [-0.15, -0.1) is 11.3 Å². The first kappa shape index (κ1) is 28.3. The minimum absolute atomic E-state index is 0.0740. The highest BCUT2D eigenvalue weighted by Gasteiger charge is 2.36. The molecule has 0 unspecified atom stereocenters. The van der Waals surface area contributed by atoms with Crippen molar-refractivity contribution < 1.29 is 18.7 Å².